The van der Waals surface area contributed by atoms with Crippen LogP contribution in [0.25, 0.3) is 11.2 Å². The first-order valence-electron chi connectivity index (χ1n) is 2.86. The van der Waals surface area contributed by atoms with Crippen LogP contribution in [0.2, 0.25) is 0 Å². The Labute approximate surface area is 59.6 Å². The molecule has 6 heteroatoms. The van der Waals surface area contributed by atoms with Gasteiger partial charge in [0.1, 0.15) is 0 Å². The minimum absolute atomic E-state index is 0.160. The maximum Gasteiger partial charge on any atom is 0.321 e. The van der Waals surface area contributed by atoms with Crippen molar-refractivity contribution < 1.29 is 9.53 Å². The molecule has 0 atom stereocenters. The van der Waals surface area contributed by atoms with Crippen LogP contribution >= 0.6 is 0 Å². The summed E-state index contributed by atoms with van der Waals surface area (Å²) in [5.41, 5.74) is 0.0588. The summed E-state index contributed by atoms with van der Waals surface area (Å²) in [7, 11) is 0. The molecule has 11 heavy (non-hydrogen) atoms. The molecule has 0 amide bonds. The molecule has 0 radical (unpaired) electrons. The van der Waals surface area contributed by atoms with Crippen LogP contribution < -0.4 is 10.5 Å². The van der Waals surface area contributed by atoms with Crippen molar-refractivity contribution in [3.63, 3.8) is 0 Å². The number of hydrogen-bond acceptors (Lipinski definition) is 4. The molecule has 0 fully saturated rings. The van der Waals surface area contributed by atoms with Gasteiger partial charge in [0, 0.05) is 12.1 Å². The van der Waals surface area contributed by atoms with Gasteiger partial charge in [-0.05, 0) is 4.90 Å². The molecular formula is C5H3N3O3. The summed E-state index contributed by atoms with van der Waals surface area (Å²) in [4.78, 5) is 13.2. The van der Waals surface area contributed by atoms with Gasteiger partial charge in [0.25, 0.3) is 5.56 Å². The highest BCUT2D eigenvalue weighted by molar-refractivity contribution is 5.63. The van der Waals surface area contributed by atoms with Crippen LogP contribution in [0.5, 0.6) is 0 Å². The highest BCUT2D eigenvalue weighted by Gasteiger charge is 2.07. The van der Waals surface area contributed by atoms with Crippen LogP contribution in [0.1, 0.15) is 0 Å². The van der Waals surface area contributed by atoms with Crippen LogP contribution in [-0.4, -0.2) is 10.1 Å². The van der Waals surface area contributed by atoms with Gasteiger partial charge >= 0.3 is 5.65 Å². The van der Waals surface area contributed by atoms with Gasteiger partial charge in [0.05, 0.1) is 5.16 Å². The van der Waals surface area contributed by atoms with Crippen LogP contribution in [0.15, 0.2) is 21.6 Å². The Hall–Kier alpha value is -1.85. The average molecular weight is 153 g/mol. The van der Waals surface area contributed by atoms with Crippen LogP contribution in [0.4, 0.5) is 0 Å². The average Bonchev–Trinajstić information content (AvgIpc) is 2.32. The molecule has 0 saturated carbocycles. The molecular weight excluding hydrogens is 150 g/mol. The fourth-order valence-electron chi connectivity index (χ4n) is 0.795. The normalized spacial score (nSPS) is 10.5. The minimum atomic E-state index is -0.314. The fourth-order valence-corrected chi connectivity index (χ4v) is 0.795. The van der Waals surface area contributed by atoms with Crippen molar-refractivity contribution in [3.8, 4) is 0 Å². The number of nitrogens with one attached hydrogen (secondary N) is 1. The van der Waals surface area contributed by atoms with Crippen LogP contribution in [0.3, 0.4) is 0 Å². The second kappa shape index (κ2) is 1.82. The van der Waals surface area contributed by atoms with E-state index in [0.717, 1.165) is 0 Å². The van der Waals surface area contributed by atoms with E-state index < -0.39 is 0 Å². The maximum absolute atomic E-state index is 10.7. The van der Waals surface area contributed by atoms with Gasteiger partial charge in [-0.3, -0.25) is 14.4 Å². The molecule has 2 heterocycles. The Morgan fingerprint density at radius 2 is 2.45 bits per heavy atom. The molecule has 0 aliphatic rings. The Morgan fingerprint density at radius 1 is 1.64 bits per heavy atom. The summed E-state index contributed by atoms with van der Waals surface area (Å²) < 4.78 is 4.21. The lowest BCUT2D eigenvalue weighted by Crippen LogP contribution is -2.23. The summed E-state index contributed by atoms with van der Waals surface area (Å²) in [6, 6.07) is 2.58. The number of aromatic amines is 1. The van der Waals surface area contributed by atoms with E-state index in [9.17, 15) is 10.0 Å². The van der Waals surface area contributed by atoms with Crippen molar-refractivity contribution in [3.05, 3.63) is 27.7 Å². The molecule has 56 valence electrons. The molecule has 0 aromatic carbocycles. The number of hydrogen-bond donors (Lipinski definition) is 1. The number of H-pyrrole nitrogens is 1. The van der Waals surface area contributed by atoms with Crippen LogP contribution in [-0.2, 0) is 0 Å². The predicted octanol–water partition coefficient (Wildman–Crippen LogP) is -0.851. The third-order valence-electron chi connectivity index (χ3n) is 1.28. The molecule has 0 saturated heterocycles. The van der Waals surface area contributed by atoms with Crippen molar-refractivity contribution in [1.29, 1.82) is 0 Å². The number of fused-ring (bicyclic) bond motifs is 1. The topological polar surface area (TPSA) is 85.8 Å². The molecule has 0 bridgehead atoms. The Kier molecular flexibility index (Phi) is 0.974. The minimum Gasteiger partial charge on any atom is -0.359 e. The molecule has 0 aliphatic carbocycles. The molecule has 0 unspecified atom stereocenters. The second-order valence-electron chi connectivity index (χ2n) is 1.99. The van der Waals surface area contributed by atoms with Crippen LogP contribution in [0, 0.1) is 5.21 Å². The first-order chi connectivity index (χ1) is 5.27. The first kappa shape index (κ1) is 5.90. The molecule has 2 aromatic rings. The maximum atomic E-state index is 10.7. The van der Waals surface area contributed by atoms with Gasteiger partial charge in [-0.2, -0.15) is 0 Å². The van der Waals surface area contributed by atoms with Crippen molar-refractivity contribution in [1.82, 2.24) is 10.1 Å². The molecule has 6 nitrogen and oxygen atoms in total. The highest BCUT2D eigenvalue weighted by Crippen LogP contribution is 1.97. The van der Waals surface area contributed by atoms with E-state index in [2.05, 4.69) is 14.8 Å². The van der Waals surface area contributed by atoms with Crippen molar-refractivity contribution in [2.24, 2.45) is 0 Å². The van der Waals surface area contributed by atoms with Gasteiger partial charge < -0.3 is 5.21 Å². The van der Waals surface area contributed by atoms with E-state index in [1.165, 1.54) is 12.1 Å². The summed E-state index contributed by atoms with van der Waals surface area (Å²) in [5.74, 6) is 0. The van der Waals surface area contributed by atoms with E-state index in [-0.39, 0.29) is 21.6 Å². The van der Waals surface area contributed by atoms with Gasteiger partial charge in [0.2, 0.25) is 5.52 Å². The Bertz CT molecular complexity index is 443. The van der Waals surface area contributed by atoms with E-state index in [1.54, 1.807) is 0 Å². The molecule has 1 N–H and O–H groups in total. The second-order valence-corrected chi connectivity index (χ2v) is 1.99. The fraction of sp³-hybridized carbons (Fsp3) is 0. The molecule has 2 aromatic heterocycles. The lowest BCUT2D eigenvalue weighted by atomic mass is 10.4. The van der Waals surface area contributed by atoms with Crippen molar-refractivity contribution in [2.45, 2.75) is 0 Å². The third-order valence-corrected chi connectivity index (χ3v) is 1.28. The van der Waals surface area contributed by atoms with Crippen molar-refractivity contribution >= 4 is 11.2 Å². The largest absolute Gasteiger partial charge is 0.359 e. The van der Waals surface area contributed by atoms with E-state index in [0.29, 0.717) is 0 Å². The predicted molar refractivity (Wildman–Crippen MR) is 33.6 cm³/mol. The summed E-state index contributed by atoms with van der Waals surface area (Å²) in [6.45, 7) is 0. The van der Waals surface area contributed by atoms with E-state index in [4.69, 9.17) is 0 Å². The van der Waals surface area contributed by atoms with E-state index >= 15 is 0 Å². The van der Waals surface area contributed by atoms with Crippen molar-refractivity contribution in [2.75, 3.05) is 0 Å². The number of rotatable bonds is 0. The Morgan fingerprint density at radius 3 is 3.27 bits per heavy atom. The number of aromatic nitrogens is 3. The smallest absolute Gasteiger partial charge is 0.321 e. The van der Waals surface area contributed by atoms with Gasteiger partial charge in [-0.15, -0.1) is 0 Å². The summed E-state index contributed by atoms with van der Waals surface area (Å²) in [6.07, 6.45) is 0. The van der Waals surface area contributed by atoms with Gasteiger partial charge in [-0.25, -0.2) is 0 Å². The third kappa shape index (κ3) is 0.759. The first-order valence-corrected chi connectivity index (χ1v) is 2.86. The number of pyridine rings is 1. The Balaban J connectivity index is 2.96. The van der Waals surface area contributed by atoms with Gasteiger partial charge in [0.15, 0.2) is 0 Å². The van der Waals surface area contributed by atoms with Gasteiger partial charge in [-0.1, -0.05) is 0 Å². The quantitative estimate of drug-likeness (QED) is 0.499. The SMILES string of the molecule is O=c1ccc2c(no[n+]2[O-])[nH]1. The standard InChI is InChI=1S/C5H3N3O3/c9-4-2-1-3-5(6-4)7-11-8(3)10/h1-2H,(H,6,7,9). The molecule has 0 spiro atoms. The number of nitrogens with zero attached hydrogens (tertiary/aromatic N) is 2. The monoisotopic (exact) mass is 153 g/mol. The zero-order valence-electron chi connectivity index (χ0n) is 5.27. The summed E-state index contributed by atoms with van der Waals surface area (Å²) in [5, 5.41) is 14.0. The molecule has 0 aliphatic heterocycles. The molecule has 2 rings (SSSR count). The lowest BCUT2D eigenvalue weighted by molar-refractivity contribution is -0.782. The highest BCUT2D eigenvalue weighted by atomic mass is 16.8. The summed E-state index contributed by atoms with van der Waals surface area (Å²) >= 11 is 0. The zero-order valence-corrected chi connectivity index (χ0v) is 5.27. The van der Waals surface area contributed by atoms with E-state index in [1.807, 2.05) is 0 Å². The zero-order chi connectivity index (χ0) is 7.84. The lowest BCUT2D eigenvalue weighted by Gasteiger charge is -1.82.